The number of nitrogens with one attached hydrogen (secondary N) is 2. The molecule has 0 bridgehead atoms. The van der Waals surface area contributed by atoms with Gasteiger partial charge in [-0.05, 0) is 36.6 Å². The Hall–Kier alpha value is -3.33. The molecule has 3 nitrogen and oxygen atoms in total. The zero-order chi connectivity index (χ0) is 19.6. The van der Waals surface area contributed by atoms with Gasteiger partial charge < -0.3 is 10.3 Å². The number of H-pyrrole nitrogens is 1. The van der Waals surface area contributed by atoms with Gasteiger partial charge >= 0.3 is 0 Å². The van der Waals surface area contributed by atoms with E-state index in [0.717, 1.165) is 33.3 Å². The Balaban J connectivity index is 1.67. The number of aromatic nitrogens is 1. The summed E-state index contributed by atoms with van der Waals surface area (Å²) in [6, 6.07) is 28.4. The van der Waals surface area contributed by atoms with E-state index in [1.165, 1.54) is 0 Å². The van der Waals surface area contributed by atoms with Crippen molar-refractivity contribution < 1.29 is 4.79 Å². The lowest BCUT2D eigenvalue weighted by Gasteiger charge is -2.32. The summed E-state index contributed by atoms with van der Waals surface area (Å²) in [6.07, 6.45) is 0.338. The lowest BCUT2D eigenvalue weighted by molar-refractivity contribution is -0.121. The van der Waals surface area contributed by atoms with Crippen LogP contribution in [-0.2, 0) is 16.8 Å². The van der Waals surface area contributed by atoms with E-state index in [-0.39, 0.29) is 5.91 Å². The average molecular weight is 368 g/mol. The van der Waals surface area contributed by atoms with Gasteiger partial charge in [0.1, 0.15) is 0 Å². The Kier molecular flexibility index (Phi) is 4.74. The molecule has 0 aliphatic carbocycles. The number of hydrogen-bond acceptors (Lipinski definition) is 1. The fraction of sp³-hybridized carbons (Fsp3) is 0.160. The van der Waals surface area contributed by atoms with E-state index in [1.807, 2.05) is 61.5 Å². The quantitative estimate of drug-likeness (QED) is 0.506. The molecule has 0 saturated carbocycles. The van der Waals surface area contributed by atoms with E-state index < -0.39 is 5.54 Å². The minimum absolute atomic E-state index is 0.00283. The third-order valence-corrected chi connectivity index (χ3v) is 5.46. The van der Waals surface area contributed by atoms with E-state index in [9.17, 15) is 4.79 Å². The van der Waals surface area contributed by atoms with Crippen molar-refractivity contribution in [3.8, 4) is 0 Å². The number of rotatable bonds is 5. The van der Waals surface area contributed by atoms with Gasteiger partial charge in [-0.25, -0.2) is 0 Å². The fourth-order valence-corrected chi connectivity index (χ4v) is 3.90. The van der Waals surface area contributed by atoms with Gasteiger partial charge in [0.25, 0.3) is 0 Å². The Morgan fingerprint density at radius 1 is 0.857 bits per heavy atom. The van der Waals surface area contributed by atoms with Gasteiger partial charge in [-0.2, -0.15) is 0 Å². The molecule has 1 heterocycles. The van der Waals surface area contributed by atoms with E-state index in [0.29, 0.717) is 6.42 Å². The number of aromatic amines is 1. The summed E-state index contributed by atoms with van der Waals surface area (Å²) in [7, 11) is 0. The number of carbonyl (C=O) groups is 1. The van der Waals surface area contributed by atoms with Crippen molar-refractivity contribution in [3.05, 3.63) is 107 Å². The summed E-state index contributed by atoms with van der Waals surface area (Å²) < 4.78 is 0. The summed E-state index contributed by atoms with van der Waals surface area (Å²) >= 11 is 0. The third-order valence-electron chi connectivity index (χ3n) is 5.46. The Bertz CT molecular complexity index is 1060. The molecule has 1 aromatic heterocycles. The minimum Gasteiger partial charge on any atom is -0.358 e. The summed E-state index contributed by atoms with van der Waals surface area (Å²) in [5.41, 5.74) is 4.68. The molecule has 0 aliphatic heterocycles. The van der Waals surface area contributed by atoms with Crippen LogP contribution >= 0.6 is 0 Å². The standard InChI is InChI=1S/C25H24N2O/c1-18-22(21-15-9-10-16-23(21)26-18)17-24(28)27-25(2,19-11-5-3-6-12-19)20-13-7-4-8-14-20/h3-16,26H,17H2,1-2H3,(H,27,28). The first-order chi connectivity index (χ1) is 13.6. The summed E-state index contributed by atoms with van der Waals surface area (Å²) in [6.45, 7) is 4.09. The lowest BCUT2D eigenvalue weighted by atomic mass is 9.84. The van der Waals surface area contributed by atoms with Crippen LogP contribution in [0.15, 0.2) is 84.9 Å². The highest BCUT2D eigenvalue weighted by atomic mass is 16.1. The number of amides is 1. The van der Waals surface area contributed by atoms with Crippen LogP contribution in [0.5, 0.6) is 0 Å². The van der Waals surface area contributed by atoms with E-state index >= 15 is 0 Å². The number of para-hydroxylation sites is 1. The molecular weight excluding hydrogens is 344 g/mol. The number of fused-ring (bicyclic) bond motifs is 1. The highest BCUT2D eigenvalue weighted by Crippen LogP contribution is 2.30. The van der Waals surface area contributed by atoms with Crippen molar-refractivity contribution >= 4 is 16.8 Å². The average Bonchev–Trinajstić information content (AvgIpc) is 3.04. The van der Waals surface area contributed by atoms with Gasteiger partial charge in [-0.15, -0.1) is 0 Å². The van der Waals surface area contributed by atoms with Gasteiger partial charge in [0.2, 0.25) is 5.91 Å². The number of carbonyl (C=O) groups excluding carboxylic acids is 1. The Morgan fingerprint density at radius 3 is 2.00 bits per heavy atom. The molecule has 140 valence electrons. The molecule has 0 saturated heterocycles. The molecule has 3 heteroatoms. The third kappa shape index (κ3) is 3.31. The number of aryl methyl sites for hydroxylation is 1. The Morgan fingerprint density at radius 2 is 1.39 bits per heavy atom. The molecule has 0 unspecified atom stereocenters. The molecule has 28 heavy (non-hydrogen) atoms. The van der Waals surface area contributed by atoms with Crippen LogP contribution in [0.4, 0.5) is 0 Å². The first-order valence-electron chi connectivity index (χ1n) is 9.56. The van der Waals surface area contributed by atoms with Crippen molar-refractivity contribution in [2.45, 2.75) is 25.8 Å². The second-order valence-electron chi connectivity index (χ2n) is 7.36. The molecule has 2 N–H and O–H groups in total. The van der Waals surface area contributed by atoms with Gasteiger partial charge in [-0.3, -0.25) is 4.79 Å². The number of benzene rings is 3. The molecule has 4 aromatic rings. The summed E-state index contributed by atoms with van der Waals surface area (Å²) in [4.78, 5) is 16.5. The highest BCUT2D eigenvalue weighted by Gasteiger charge is 2.30. The second kappa shape index (κ2) is 7.35. The van der Waals surface area contributed by atoms with Gasteiger partial charge in [0.15, 0.2) is 0 Å². The largest absolute Gasteiger partial charge is 0.358 e. The van der Waals surface area contributed by atoms with Crippen molar-refractivity contribution in [1.29, 1.82) is 0 Å². The van der Waals surface area contributed by atoms with E-state index in [2.05, 4.69) is 47.6 Å². The van der Waals surface area contributed by atoms with Crippen molar-refractivity contribution in [3.63, 3.8) is 0 Å². The van der Waals surface area contributed by atoms with Crippen molar-refractivity contribution in [1.82, 2.24) is 10.3 Å². The van der Waals surface area contributed by atoms with Crippen LogP contribution in [0, 0.1) is 6.92 Å². The molecule has 0 atom stereocenters. The molecule has 0 aliphatic rings. The maximum Gasteiger partial charge on any atom is 0.225 e. The zero-order valence-corrected chi connectivity index (χ0v) is 16.2. The van der Waals surface area contributed by atoms with Gasteiger partial charge in [0, 0.05) is 16.6 Å². The monoisotopic (exact) mass is 368 g/mol. The Labute approximate surface area is 165 Å². The molecule has 1 amide bonds. The smallest absolute Gasteiger partial charge is 0.225 e. The number of hydrogen-bond donors (Lipinski definition) is 2. The predicted molar refractivity (Wildman–Crippen MR) is 114 cm³/mol. The molecule has 0 fully saturated rings. The van der Waals surface area contributed by atoms with Crippen LogP contribution in [0.2, 0.25) is 0 Å². The van der Waals surface area contributed by atoms with Gasteiger partial charge in [-0.1, -0.05) is 78.9 Å². The van der Waals surface area contributed by atoms with Crippen LogP contribution in [-0.4, -0.2) is 10.9 Å². The normalized spacial score (nSPS) is 11.5. The molecule has 4 rings (SSSR count). The maximum atomic E-state index is 13.1. The maximum absolute atomic E-state index is 13.1. The molecule has 3 aromatic carbocycles. The minimum atomic E-state index is -0.598. The van der Waals surface area contributed by atoms with Crippen LogP contribution < -0.4 is 5.32 Å². The van der Waals surface area contributed by atoms with E-state index in [4.69, 9.17) is 0 Å². The fourth-order valence-electron chi connectivity index (χ4n) is 3.90. The lowest BCUT2D eigenvalue weighted by Crippen LogP contribution is -2.45. The van der Waals surface area contributed by atoms with Gasteiger partial charge in [0.05, 0.1) is 12.0 Å². The first-order valence-corrected chi connectivity index (χ1v) is 9.56. The van der Waals surface area contributed by atoms with E-state index in [1.54, 1.807) is 0 Å². The van der Waals surface area contributed by atoms with Crippen LogP contribution in [0.1, 0.15) is 29.3 Å². The SMILES string of the molecule is Cc1[nH]c2ccccc2c1CC(=O)NC(C)(c1ccccc1)c1ccccc1. The van der Waals surface area contributed by atoms with Crippen LogP contribution in [0.3, 0.4) is 0 Å². The predicted octanol–water partition coefficient (Wildman–Crippen LogP) is 5.10. The first kappa shape index (κ1) is 18.1. The summed E-state index contributed by atoms with van der Waals surface area (Å²) in [5, 5.41) is 4.41. The molecular formula is C25H24N2O. The zero-order valence-electron chi connectivity index (χ0n) is 16.2. The van der Waals surface area contributed by atoms with Crippen molar-refractivity contribution in [2.75, 3.05) is 0 Å². The van der Waals surface area contributed by atoms with Crippen LogP contribution in [0.25, 0.3) is 10.9 Å². The highest BCUT2D eigenvalue weighted by molar-refractivity contribution is 5.90. The topological polar surface area (TPSA) is 44.9 Å². The molecule has 0 radical (unpaired) electrons. The molecule has 0 spiro atoms. The summed E-state index contributed by atoms with van der Waals surface area (Å²) in [5.74, 6) is 0.00283. The second-order valence-corrected chi connectivity index (χ2v) is 7.36. The van der Waals surface area contributed by atoms with Crippen molar-refractivity contribution in [2.24, 2.45) is 0 Å².